The fourth-order valence-electron chi connectivity index (χ4n) is 4.16. The largest absolute Gasteiger partial charge is 0.348 e. The van der Waals surface area contributed by atoms with Crippen molar-refractivity contribution in [2.45, 2.75) is 19.9 Å². The van der Waals surface area contributed by atoms with Gasteiger partial charge in [0.15, 0.2) is 0 Å². The Bertz CT molecular complexity index is 1230. The Kier molecular flexibility index (Phi) is 7.47. The molecule has 1 N–H and O–H groups in total. The first-order chi connectivity index (χ1) is 16.2. The molecule has 2 aromatic carbocycles. The molecule has 3 aromatic rings. The number of aryl methyl sites for hydroxylation is 1. The number of nitrogens with zero attached hydrogens (tertiary/aromatic N) is 3. The van der Waals surface area contributed by atoms with E-state index in [2.05, 4.69) is 52.5 Å². The summed E-state index contributed by atoms with van der Waals surface area (Å²) in [5.41, 5.74) is 6.60. The van der Waals surface area contributed by atoms with Crippen LogP contribution in [0.2, 0.25) is 0 Å². The predicted octanol–water partition coefficient (Wildman–Crippen LogP) is 3.48. The lowest BCUT2D eigenvalue weighted by atomic mass is 9.98. The number of nitrogens with one attached hydrogen (secondary N) is 1. The second kappa shape index (κ2) is 10.4. The van der Waals surface area contributed by atoms with Crippen molar-refractivity contribution in [3.63, 3.8) is 0 Å². The first-order valence-corrected chi connectivity index (χ1v) is 14.0. The first-order valence-electron chi connectivity index (χ1n) is 11.3. The van der Waals surface area contributed by atoms with Gasteiger partial charge in [0.1, 0.15) is 0 Å². The average molecular weight is 499 g/mol. The number of piperazine rings is 1. The molecule has 4 rings (SSSR count). The second-order valence-corrected chi connectivity index (χ2v) is 11.7. The summed E-state index contributed by atoms with van der Waals surface area (Å²) in [6, 6.07) is 14.1. The van der Waals surface area contributed by atoms with Gasteiger partial charge in [0, 0.05) is 50.5 Å². The molecule has 7 nitrogen and oxygen atoms in total. The van der Waals surface area contributed by atoms with E-state index in [1.807, 2.05) is 25.3 Å². The lowest BCUT2D eigenvalue weighted by molar-refractivity contribution is 0.0922. The summed E-state index contributed by atoms with van der Waals surface area (Å²) < 4.78 is 25.0. The number of rotatable bonds is 7. The van der Waals surface area contributed by atoms with Gasteiger partial charge in [-0.1, -0.05) is 29.8 Å². The Morgan fingerprint density at radius 3 is 2.35 bits per heavy atom. The molecule has 0 saturated carbocycles. The van der Waals surface area contributed by atoms with E-state index in [-0.39, 0.29) is 11.9 Å². The SMILES string of the molecule is Cc1ccc(-c2cc(C(=O)NC(C)CN3CCN(S(C)(=O)=O)CC3)cc(-c3cncs3)c2)cc1. The van der Waals surface area contributed by atoms with Gasteiger partial charge in [0.25, 0.3) is 5.91 Å². The summed E-state index contributed by atoms with van der Waals surface area (Å²) in [5, 5.41) is 3.12. The van der Waals surface area contributed by atoms with Crippen molar-refractivity contribution in [1.29, 1.82) is 0 Å². The third-order valence-electron chi connectivity index (χ3n) is 6.01. The van der Waals surface area contributed by atoms with Gasteiger partial charge in [-0.25, -0.2) is 8.42 Å². The Morgan fingerprint density at radius 1 is 1.06 bits per heavy atom. The van der Waals surface area contributed by atoms with Crippen molar-refractivity contribution < 1.29 is 13.2 Å². The third-order valence-corrected chi connectivity index (χ3v) is 8.13. The van der Waals surface area contributed by atoms with Gasteiger partial charge in [-0.2, -0.15) is 4.31 Å². The van der Waals surface area contributed by atoms with E-state index >= 15 is 0 Å². The summed E-state index contributed by atoms with van der Waals surface area (Å²) in [5.74, 6) is -0.123. The van der Waals surface area contributed by atoms with Crippen LogP contribution < -0.4 is 5.32 Å². The van der Waals surface area contributed by atoms with Gasteiger partial charge in [-0.05, 0) is 48.7 Å². The summed E-state index contributed by atoms with van der Waals surface area (Å²) >= 11 is 1.55. The van der Waals surface area contributed by atoms with Gasteiger partial charge >= 0.3 is 0 Å². The second-order valence-electron chi connectivity index (χ2n) is 8.87. The summed E-state index contributed by atoms with van der Waals surface area (Å²) in [6.07, 6.45) is 3.07. The van der Waals surface area contributed by atoms with Crippen LogP contribution in [0.5, 0.6) is 0 Å². The van der Waals surface area contributed by atoms with Crippen LogP contribution in [-0.2, 0) is 10.0 Å². The predicted molar refractivity (Wildman–Crippen MR) is 138 cm³/mol. The number of sulfonamides is 1. The highest BCUT2D eigenvalue weighted by molar-refractivity contribution is 7.88. The summed E-state index contributed by atoms with van der Waals surface area (Å²) in [7, 11) is -3.15. The van der Waals surface area contributed by atoms with Crippen LogP contribution in [0, 0.1) is 6.92 Å². The molecule has 1 fully saturated rings. The van der Waals surface area contributed by atoms with Crippen molar-refractivity contribution in [2.24, 2.45) is 0 Å². The molecule has 1 aliphatic heterocycles. The van der Waals surface area contributed by atoms with Crippen LogP contribution in [0.3, 0.4) is 0 Å². The van der Waals surface area contributed by atoms with E-state index in [4.69, 9.17) is 0 Å². The molecule has 0 radical (unpaired) electrons. The molecule has 1 unspecified atom stereocenters. The Hall–Kier alpha value is -2.59. The lowest BCUT2D eigenvalue weighted by Crippen LogP contribution is -2.51. The highest BCUT2D eigenvalue weighted by atomic mass is 32.2. The minimum atomic E-state index is -3.15. The molecule has 1 aliphatic rings. The van der Waals surface area contributed by atoms with Crippen LogP contribution in [0.25, 0.3) is 21.6 Å². The monoisotopic (exact) mass is 498 g/mol. The van der Waals surface area contributed by atoms with E-state index in [1.54, 1.807) is 16.8 Å². The fourth-order valence-corrected chi connectivity index (χ4v) is 5.59. The van der Waals surface area contributed by atoms with Gasteiger partial charge in [0.05, 0.1) is 16.6 Å². The minimum Gasteiger partial charge on any atom is -0.348 e. The van der Waals surface area contributed by atoms with Crippen molar-refractivity contribution >= 4 is 27.3 Å². The summed E-state index contributed by atoms with van der Waals surface area (Å²) in [6.45, 7) is 6.99. The molecule has 0 aliphatic carbocycles. The maximum Gasteiger partial charge on any atom is 0.251 e. The maximum absolute atomic E-state index is 13.2. The smallest absolute Gasteiger partial charge is 0.251 e. The van der Waals surface area contributed by atoms with E-state index in [1.165, 1.54) is 16.1 Å². The number of thiazole rings is 1. The van der Waals surface area contributed by atoms with Gasteiger partial charge < -0.3 is 5.32 Å². The molecular weight excluding hydrogens is 468 g/mol. The topological polar surface area (TPSA) is 82.6 Å². The Balaban J connectivity index is 1.48. The molecule has 1 aromatic heterocycles. The Labute approximate surface area is 205 Å². The van der Waals surface area contributed by atoms with Crippen LogP contribution in [0.15, 0.2) is 54.2 Å². The van der Waals surface area contributed by atoms with Crippen molar-refractivity contribution in [3.05, 3.63) is 65.3 Å². The van der Waals surface area contributed by atoms with Crippen molar-refractivity contribution in [2.75, 3.05) is 39.0 Å². The molecule has 1 amide bonds. The van der Waals surface area contributed by atoms with Crippen molar-refractivity contribution in [1.82, 2.24) is 19.5 Å². The third kappa shape index (κ3) is 6.09. The molecule has 0 bridgehead atoms. The van der Waals surface area contributed by atoms with Crippen LogP contribution in [0.1, 0.15) is 22.8 Å². The molecule has 1 saturated heterocycles. The van der Waals surface area contributed by atoms with Crippen LogP contribution in [-0.4, -0.2) is 73.5 Å². The number of carbonyl (C=O) groups is 1. The van der Waals surface area contributed by atoms with E-state index in [9.17, 15) is 13.2 Å². The number of aromatic nitrogens is 1. The molecule has 0 spiro atoms. The van der Waals surface area contributed by atoms with E-state index in [0.717, 1.165) is 21.6 Å². The quantitative estimate of drug-likeness (QED) is 0.539. The molecule has 1 atom stereocenters. The lowest BCUT2D eigenvalue weighted by Gasteiger charge is -2.34. The van der Waals surface area contributed by atoms with Gasteiger partial charge in [-0.15, -0.1) is 11.3 Å². The van der Waals surface area contributed by atoms with Crippen LogP contribution in [0.4, 0.5) is 0 Å². The fraction of sp³-hybridized carbons (Fsp3) is 0.360. The zero-order valence-electron chi connectivity index (χ0n) is 19.7. The number of hydrogen-bond donors (Lipinski definition) is 1. The number of amides is 1. The number of benzene rings is 2. The standard InChI is InChI=1S/C25H30N4O3S2/c1-18-4-6-20(7-5-18)21-12-22(24-15-26-17-33-24)14-23(13-21)25(30)27-19(2)16-28-8-10-29(11-9-28)34(3,31)32/h4-7,12-15,17,19H,8-11,16H2,1-3H3,(H,27,30). The zero-order chi connectivity index (χ0) is 24.3. The van der Waals surface area contributed by atoms with Crippen molar-refractivity contribution in [3.8, 4) is 21.6 Å². The maximum atomic E-state index is 13.2. The van der Waals surface area contributed by atoms with E-state index in [0.29, 0.717) is 38.3 Å². The molecule has 9 heteroatoms. The molecule has 180 valence electrons. The molecule has 2 heterocycles. The highest BCUT2D eigenvalue weighted by Crippen LogP contribution is 2.30. The number of hydrogen-bond acceptors (Lipinski definition) is 6. The van der Waals surface area contributed by atoms with Gasteiger partial charge in [0.2, 0.25) is 10.0 Å². The first kappa shape index (κ1) is 24.5. The normalized spacial score (nSPS) is 16.3. The van der Waals surface area contributed by atoms with E-state index < -0.39 is 10.0 Å². The highest BCUT2D eigenvalue weighted by Gasteiger charge is 2.24. The summed E-state index contributed by atoms with van der Waals surface area (Å²) in [4.78, 5) is 20.6. The Morgan fingerprint density at radius 2 is 1.74 bits per heavy atom. The minimum absolute atomic E-state index is 0.0767. The number of carbonyl (C=O) groups excluding carboxylic acids is 1. The van der Waals surface area contributed by atoms with Gasteiger partial charge in [-0.3, -0.25) is 14.7 Å². The molecular formula is C25H30N4O3S2. The molecule has 34 heavy (non-hydrogen) atoms. The zero-order valence-corrected chi connectivity index (χ0v) is 21.3. The average Bonchev–Trinajstić information content (AvgIpc) is 3.34. The van der Waals surface area contributed by atoms with Crippen LogP contribution >= 0.6 is 11.3 Å².